The van der Waals surface area contributed by atoms with Crippen molar-refractivity contribution in [1.82, 2.24) is 10.0 Å². The third kappa shape index (κ3) is 5.06. The predicted octanol–water partition coefficient (Wildman–Crippen LogP) is 1.02. The van der Waals surface area contributed by atoms with E-state index in [2.05, 4.69) is 26.0 Å². The first-order valence-electron chi connectivity index (χ1n) is 6.61. The lowest BCUT2D eigenvalue weighted by molar-refractivity contribution is -0.120. The van der Waals surface area contributed by atoms with Gasteiger partial charge < -0.3 is 10.1 Å². The molecule has 1 atom stereocenters. The number of halogens is 1. The fourth-order valence-electron chi connectivity index (χ4n) is 1.95. The molecule has 1 aromatic carbocycles. The molecule has 1 saturated heterocycles. The number of nitrogens with one attached hydrogen (secondary N) is 2. The van der Waals surface area contributed by atoms with Crippen molar-refractivity contribution in [2.24, 2.45) is 0 Å². The lowest BCUT2D eigenvalue weighted by Gasteiger charge is -2.11. The molecule has 0 bridgehead atoms. The van der Waals surface area contributed by atoms with E-state index in [1.165, 1.54) is 12.1 Å². The van der Waals surface area contributed by atoms with Gasteiger partial charge in [0.25, 0.3) is 0 Å². The van der Waals surface area contributed by atoms with Gasteiger partial charge in [-0.25, -0.2) is 13.1 Å². The number of carbonyl (C=O) groups is 1. The minimum Gasteiger partial charge on any atom is -0.376 e. The van der Waals surface area contributed by atoms with Gasteiger partial charge >= 0.3 is 0 Å². The normalized spacial score (nSPS) is 18.6. The first-order valence-corrected chi connectivity index (χ1v) is 8.88. The van der Waals surface area contributed by atoms with Crippen LogP contribution in [0, 0.1) is 0 Å². The van der Waals surface area contributed by atoms with Crippen molar-refractivity contribution in [2.45, 2.75) is 23.8 Å². The first-order chi connectivity index (χ1) is 9.97. The van der Waals surface area contributed by atoms with Crippen molar-refractivity contribution < 1.29 is 17.9 Å². The van der Waals surface area contributed by atoms with E-state index in [0.29, 0.717) is 6.54 Å². The average molecular weight is 377 g/mol. The van der Waals surface area contributed by atoms with Crippen LogP contribution < -0.4 is 10.0 Å². The molecule has 0 saturated carbocycles. The number of rotatable bonds is 6. The van der Waals surface area contributed by atoms with Crippen LogP contribution in [-0.4, -0.2) is 40.1 Å². The number of ether oxygens (including phenoxy) is 1. The fourth-order valence-corrected chi connectivity index (χ4v) is 3.20. The highest BCUT2D eigenvalue weighted by Crippen LogP contribution is 2.14. The molecule has 21 heavy (non-hydrogen) atoms. The molecular weight excluding hydrogens is 360 g/mol. The molecule has 0 spiro atoms. The molecule has 0 aliphatic carbocycles. The third-order valence-electron chi connectivity index (χ3n) is 3.10. The van der Waals surface area contributed by atoms with Crippen molar-refractivity contribution in [2.75, 3.05) is 19.7 Å². The van der Waals surface area contributed by atoms with Gasteiger partial charge in [-0.05, 0) is 37.1 Å². The van der Waals surface area contributed by atoms with Gasteiger partial charge in [0.2, 0.25) is 15.9 Å². The van der Waals surface area contributed by atoms with E-state index >= 15 is 0 Å². The van der Waals surface area contributed by atoms with Crippen LogP contribution in [0.4, 0.5) is 0 Å². The van der Waals surface area contributed by atoms with E-state index in [1.807, 2.05) is 0 Å². The molecule has 1 aromatic rings. The number of benzene rings is 1. The van der Waals surface area contributed by atoms with Crippen LogP contribution in [0.1, 0.15) is 12.8 Å². The van der Waals surface area contributed by atoms with Crippen LogP contribution >= 0.6 is 15.9 Å². The lowest BCUT2D eigenvalue weighted by atomic mass is 10.2. The summed E-state index contributed by atoms with van der Waals surface area (Å²) in [5.41, 5.74) is 0. The Morgan fingerprint density at radius 1 is 1.33 bits per heavy atom. The second-order valence-electron chi connectivity index (χ2n) is 4.72. The monoisotopic (exact) mass is 376 g/mol. The summed E-state index contributed by atoms with van der Waals surface area (Å²) in [7, 11) is -3.67. The maximum atomic E-state index is 12.0. The number of hydrogen-bond donors (Lipinski definition) is 2. The molecule has 1 fully saturated rings. The third-order valence-corrected chi connectivity index (χ3v) is 5.04. The summed E-state index contributed by atoms with van der Waals surface area (Å²) in [4.78, 5) is 11.8. The molecule has 6 nitrogen and oxygen atoms in total. The molecule has 1 amide bonds. The van der Waals surface area contributed by atoms with Gasteiger partial charge in [-0.3, -0.25) is 4.79 Å². The van der Waals surface area contributed by atoms with Gasteiger partial charge in [-0.15, -0.1) is 0 Å². The zero-order chi connectivity index (χ0) is 15.3. The van der Waals surface area contributed by atoms with E-state index < -0.39 is 10.0 Å². The second-order valence-corrected chi connectivity index (χ2v) is 7.40. The lowest BCUT2D eigenvalue weighted by Crippen LogP contribution is -2.39. The number of hydrogen-bond acceptors (Lipinski definition) is 4. The highest BCUT2D eigenvalue weighted by atomic mass is 79.9. The molecule has 1 heterocycles. The molecular formula is C13H17BrN2O4S. The molecule has 0 aromatic heterocycles. The van der Waals surface area contributed by atoms with Crippen LogP contribution in [0.2, 0.25) is 0 Å². The number of amides is 1. The minimum absolute atomic E-state index is 0.0389. The smallest absolute Gasteiger partial charge is 0.241 e. The number of sulfonamides is 1. The fraction of sp³-hybridized carbons (Fsp3) is 0.462. The SMILES string of the molecule is O=C(CNS(=O)(=O)c1ccc(Br)cc1)NC[C@H]1CCCO1. The Bertz CT molecular complexity index is 583. The Labute approximate surface area is 132 Å². The van der Waals surface area contributed by atoms with Gasteiger partial charge in [-0.1, -0.05) is 15.9 Å². The van der Waals surface area contributed by atoms with Gasteiger partial charge in [0.15, 0.2) is 0 Å². The van der Waals surface area contributed by atoms with E-state index in [-0.39, 0.29) is 23.5 Å². The Balaban J connectivity index is 1.80. The molecule has 1 aliphatic heterocycles. The molecule has 0 radical (unpaired) electrons. The van der Waals surface area contributed by atoms with E-state index in [4.69, 9.17) is 4.74 Å². The molecule has 8 heteroatoms. The van der Waals surface area contributed by atoms with E-state index in [0.717, 1.165) is 23.9 Å². The Hall–Kier alpha value is -0.960. The maximum Gasteiger partial charge on any atom is 0.241 e. The predicted molar refractivity (Wildman–Crippen MR) is 81.3 cm³/mol. The highest BCUT2D eigenvalue weighted by Gasteiger charge is 2.18. The van der Waals surface area contributed by atoms with Crippen molar-refractivity contribution in [3.05, 3.63) is 28.7 Å². The summed E-state index contributed by atoms with van der Waals surface area (Å²) in [5, 5.41) is 2.66. The van der Waals surface area contributed by atoms with Gasteiger partial charge in [0.05, 0.1) is 17.5 Å². The molecule has 116 valence electrons. The van der Waals surface area contributed by atoms with E-state index in [1.54, 1.807) is 12.1 Å². The van der Waals surface area contributed by atoms with Crippen LogP contribution in [0.5, 0.6) is 0 Å². The van der Waals surface area contributed by atoms with Crippen LogP contribution in [0.3, 0.4) is 0 Å². The molecule has 2 rings (SSSR count). The topological polar surface area (TPSA) is 84.5 Å². The summed E-state index contributed by atoms with van der Waals surface area (Å²) >= 11 is 3.24. The number of carbonyl (C=O) groups excluding carboxylic acids is 1. The standard InChI is InChI=1S/C13H17BrN2O4S/c14-10-3-5-12(6-4-10)21(18,19)16-9-13(17)15-8-11-2-1-7-20-11/h3-6,11,16H,1-2,7-9H2,(H,15,17)/t11-/m1/s1. The minimum atomic E-state index is -3.67. The maximum absolute atomic E-state index is 12.0. The summed E-state index contributed by atoms with van der Waals surface area (Å²) in [6, 6.07) is 6.20. The van der Waals surface area contributed by atoms with Crippen LogP contribution in [0.25, 0.3) is 0 Å². The highest BCUT2D eigenvalue weighted by molar-refractivity contribution is 9.10. The zero-order valence-corrected chi connectivity index (χ0v) is 13.7. The molecule has 0 unspecified atom stereocenters. The van der Waals surface area contributed by atoms with Crippen molar-refractivity contribution in [3.63, 3.8) is 0 Å². The second kappa shape index (κ2) is 7.35. The van der Waals surface area contributed by atoms with Crippen molar-refractivity contribution in [1.29, 1.82) is 0 Å². The van der Waals surface area contributed by atoms with Crippen LogP contribution in [-0.2, 0) is 19.6 Å². The summed E-state index contributed by atoms with van der Waals surface area (Å²) in [5.74, 6) is -0.369. The Kier molecular flexibility index (Phi) is 5.74. The van der Waals surface area contributed by atoms with Gasteiger partial charge in [-0.2, -0.15) is 0 Å². The molecule has 2 N–H and O–H groups in total. The summed E-state index contributed by atoms with van der Waals surface area (Å²) < 4.78 is 32.4. The summed E-state index contributed by atoms with van der Waals surface area (Å²) in [6.45, 7) is 0.848. The van der Waals surface area contributed by atoms with Crippen molar-refractivity contribution >= 4 is 31.9 Å². The Morgan fingerprint density at radius 3 is 2.67 bits per heavy atom. The summed E-state index contributed by atoms with van der Waals surface area (Å²) in [6.07, 6.45) is 1.96. The Morgan fingerprint density at radius 2 is 2.05 bits per heavy atom. The van der Waals surface area contributed by atoms with Crippen LogP contribution in [0.15, 0.2) is 33.6 Å². The average Bonchev–Trinajstić information content (AvgIpc) is 2.97. The van der Waals surface area contributed by atoms with Gasteiger partial charge in [0, 0.05) is 17.6 Å². The molecule has 1 aliphatic rings. The van der Waals surface area contributed by atoms with Gasteiger partial charge in [0.1, 0.15) is 0 Å². The largest absolute Gasteiger partial charge is 0.376 e. The van der Waals surface area contributed by atoms with E-state index in [9.17, 15) is 13.2 Å². The quantitative estimate of drug-likeness (QED) is 0.776. The zero-order valence-electron chi connectivity index (χ0n) is 11.3. The first kappa shape index (κ1) is 16.4. The van der Waals surface area contributed by atoms with Crippen molar-refractivity contribution in [3.8, 4) is 0 Å².